The number of nitrogens with zero attached hydrogens (tertiary/aromatic N) is 2. The maximum atomic E-state index is 11.5. The summed E-state index contributed by atoms with van der Waals surface area (Å²) in [5.41, 5.74) is 2.37. The van der Waals surface area contributed by atoms with Crippen molar-refractivity contribution in [2.45, 2.75) is 13.0 Å². The number of thiazole rings is 1. The zero-order valence-electron chi connectivity index (χ0n) is 14.3. The molecule has 0 aliphatic heterocycles. The van der Waals surface area contributed by atoms with E-state index in [4.69, 9.17) is 4.74 Å². The van der Waals surface area contributed by atoms with Crippen molar-refractivity contribution in [3.05, 3.63) is 74.6 Å². The van der Waals surface area contributed by atoms with E-state index in [0.717, 1.165) is 34.8 Å². The molecule has 0 fully saturated rings. The molecule has 0 saturated heterocycles. The fourth-order valence-electron chi connectivity index (χ4n) is 2.47. The van der Waals surface area contributed by atoms with Crippen molar-refractivity contribution in [2.75, 3.05) is 13.6 Å². The minimum Gasteiger partial charge on any atom is -0.482 e. The fourth-order valence-corrected chi connectivity index (χ4v) is 3.27. The monoisotopic (exact) mass is 369 g/mol. The predicted molar refractivity (Wildman–Crippen MR) is 103 cm³/mol. The van der Waals surface area contributed by atoms with Gasteiger partial charge in [0, 0.05) is 30.0 Å². The number of benzene rings is 2. The van der Waals surface area contributed by atoms with Gasteiger partial charge in [0.15, 0.2) is 5.75 Å². The second-order valence-corrected chi connectivity index (χ2v) is 6.64. The third-order valence-electron chi connectivity index (χ3n) is 3.83. The fraction of sp³-hybridized carbons (Fsp3) is 0.211. The zero-order valence-corrected chi connectivity index (χ0v) is 15.2. The molecule has 2 aromatic carbocycles. The van der Waals surface area contributed by atoms with Gasteiger partial charge in [-0.2, -0.15) is 0 Å². The number of hydrogen-bond acceptors (Lipinski definition) is 6. The summed E-state index contributed by atoms with van der Waals surface area (Å²) in [6.07, 6.45) is 0.835. The molecule has 0 atom stereocenters. The van der Waals surface area contributed by atoms with Crippen molar-refractivity contribution >= 4 is 17.0 Å². The Hall–Kier alpha value is -2.77. The van der Waals surface area contributed by atoms with Crippen molar-refractivity contribution < 1.29 is 9.66 Å². The van der Waals surface area contributed by atoms with Crippen LogP contribution in [-0.2, 0) is 13.0 Å². The topological polar surface area (TPSA) is 77.3 Å². The first-order valence-electron chi connectivity index (χ1n) is 8.22. The van der Waals surface area contributed by atoms with Gasteiger partial charge in [0.25, 0.3) is 0 Å². The van der Waals surface area contributed by atoms with E-state index in [0.29, 0.717) is 0 Å². The second-order valence-electron chi connectivity index (χ2n) is 5.69. The minimum absolute atomic E-state index is 0.0526. The maximum Gasteiger partial charge on any atom is 0.311 e. The largest absolute Gasteiger partial charge is 0.482 e. The zero-order chi connectivity index (χ0) is 18.4. The lowest BCUT2D eigenvalue weighted by Crippen LogP contribution is -2.09. The number of ether oxygens (including phenoxy) is 1. The molecule has 1 aromatic heterocycles. The average molecular weight is 369 g/mol. The molecule has 0 aliphatic carbocycles. The first kappa shape index (κ1) is 18.0. The summed E-state index contributed by atoms with van der Waals surface area (Å²) < 4.78 is 5.67. The van der Waals surface area contributed by atoms with E-state index in [2.05, 4.69) is 10.3 Å². The quantitative estimate of drug-likeness (QED) is 0.479. The standard InChI is InChI=1S/C19H19N3O3S/c1-20-10-9-19-21-16(13-26-19)15-7-8-18(17(11-15)22(23)24)25-12-14-5-3-2-4-6-14/h2-8,11,13,20H,9-10,12H2,1H3. The van der Waals surface area contributed by atoms with Crippen LogP contribution in [0.4, 0.5) is 5.69 Å². The van der Waals surface area contributed by atoms with Crippen molar-refractivity contribution in [1.29, 1.82) is 0 Å². The summed E-state index contributed by atoms with van der Waals surface area (Å²) in [5, 5.41) is 17.5. The Bertz CT molecular complexity index is 881. The lowest BCUT2D eigenvalue weighted by Gasteiger charge is -2.08. The number of hydrogen-bond donors (Lipinski definition) is 1. The van der Waals surface area contributed by atoms with E-state index in [1.165, 1.54) is 6.07 Å². The Morgan fingerprint density at radius 1 is 1.23 bits per heavy atom. The lowest BCUT2D eigenvalue weighted by molar-refractivity contribution is -0.385. The van der Waals surface area contributed by atoms with Crippen LogP contribution in [0.1, 0.15) is 10.6 Å². The molecule has 1 N–H and O–H groups in total. The average Bonchev–Trinajstić information content (AvgIpc) is 3.14. The normalized spacial score (nSPS) is 10.7. The van der Waals surface area contributed by atoms with E-state index in [1.54, 1.807) is 17.4 Å². The molecule has 134 valence electrons. The third-order valence-corrected chi connectivity index (χ3v) is 4.74. The van der Waals surface area contributed by atoms with E-state index in [-0.39, 0.29) is 18.0 Å². The second kappa shape index (κ2) is 8.55. The Kier molecular flexibility index (Phi) is 5.93. The number of nitro benzene ring substituents is 1. The SMILES string of the molecule is CNCCc1nc(-c2ccc(OCc3ccccc3)c([N+](=O)[O-])c2)cs1. The molecule has 3 aromatic rings. The molecule has 0 amide bonds. The van der Waals surface area contributed by atoms with Gasteiger partial charge >= 0.3 is 5.69 Å². The van der Waals surface area contributed by atoms with Gasteiger partial charge in [0.2, 0.25) is 0 Å². The molecule has 26 heavy (non-hydrogen) atoms. The van der Waals surface area contributed by atoms with Gasteiger partial charge in [0.1, 0.15) is 6.61 Å². The van der Waals surface area contributed by atoms with Crippen LogP contribution in [-0.4, -0.2) is 23.5 Å². The Morgan fingerprint density at radius 2 is 2.04 bits per heavy atom. The van der Waals surface area contributed by atoms with Gasteiger partial charge in [-0.1, -0.05) is 30.3 Å². The Morgan fingerprint density at radius 3 is 2.77 bits per heavy atom. The first-order chi connectivity index (χ1) is 12.7. The molecule has 0 saturated carbocycles. The van der Waals surface area contributed by atoms with Crippen LogP contribution in [0.2, 0.25) is 0 Å². The molecule has 7 heteroatoms. The highest BCUT2D eigenvalue weighted by atomic mass is 32.1. The van der Waals surface area contributed by atoms with Crippen LogP contribution in [0.25, 0.3) is 11.3 Å². The highest BCUT2D eigenvalue weighted by molar-refractivity contribution is 7.09. The van der Waals surface area contributed by atoms with Gasteiger partial charge in [0.05, 0.1) is 15.6 Å². The molecule has 6 nitrogen and oxygen atoms in total. The Labute approximate surface area is 155 Å². The van der Waals surface area contributed by atoms with E-state index < -0.39 is 4.92 Å². The molecule has 0 bridgehead atoms. The van der Waals surface area contributed by atoms with Crippen molar-refractivity contribution in [3.63, 3.8) is 0 Å². The molecular formula is C19H19N3O3S. The highest BCUT2D eigenvalue weighted by Crippen LogP contribution is 2.33. The van der Waals surface area contributed by atoms with E-state index in [1.807, 2.05) is 48.8 Å². The van der Waals surface area contributed by atoms with Crippen LogP contribution in [0.15, 0.2) is 53.9 Å². The molecule has 0 aliphatic rings. The third kappa shape index (κ3) is 4.44. The van der Waals surface area contributed by atoms with Gasteiger partial charge < -0.3 is 10.1 Å². The van der Waals surface area contributed by atoms with Crippen LogP contribution in [0.5, 0.6) is 5.75 Å². The van der Waals surface area contributed by atoms with Crippen molar-refractivity contribution in [3.8, 4) is 17.0 Å². The minimum atomic E-state index is -0.419. The smallest absolute Gasteiger partial charge is 0.311 e. The van der Waals surface area contributed by atoms with Crippen LogP contribution < -0.4 is 10.1 Å². The first-order valence-corrected chi connectivity index (χ1v) is 9.10. The summed E-state index contributed by atoms with van der Waals surface area (Å²) in [7, 11) is 1.89. The number of nitro groups is 1. The van der Waals surface area contributed by atoms with E-state index >= 15 is 0 Å². The predicted octanol–water partition coefficient (Wildman–Crippen LogP) is 4.06. The maximum absolute atomic E-state index is 11.5. The number of likely N-dealkylation sites (N-methyl/N-ethyl adjacent to an activating group) is 1. The summed E-state index contributed by atoms with van der Waals surface area (Å²) in [6.45, 7) is 1.13. The number of rotatable bonds is 8. The number of nitrogens with one attached hydrogen (secondary N) is 1. The molecule has 0 radical (unpaired) electrons. The van der Waals surface area contributed by atoms with Gasteiger partial charge in [-0.3, -0.25) is 10.1 Å². The van der Waals surface area contributed by atoms with Gasteiger partial charge in [-0.25, -0.2) is 4.98 Å². The summed E-state index contributed by atoms with van der Waals surface area (Å²) >= 11 is 1.56. The summed E-state index contributed by atoms with van der Waals surface area (Å²) in [5.74, 6) is 0.258. The van der Waals surface area contributed by atoms with Crippen LogP contribution >= 0.6 is 11.3 Å². The highest BCUT2D eigenvalue weighted by Gasteiger charge is 2.18. The molecule has 3 rings (SSSR count). The van der Waals surface area contributed by atoms with Gasteiger partial charge in [-0.05, 0) is 24.7 Å². The van der Waals surface area contributed by atoms with Gasteiger partial charge in [-0.15, -0.1) is 11.3 Å². The molecule has 0 spiro atoms. The molecule has 1 heterocycles. The number of aromatic nitrogens is 1. The summed E-state index contributed by atoms with van der Waals surface area (Å²) in [6, 6.07) is 14.5. The van der Waals surface area contributed by atoms with Crippen LogP contribution in [0.3, 0.4) is 0 Å². The molecular weight excluding hydrogens is 350 g/mol. The molecule has 0 unspecified atom stereocenters. The van der Waals surface area contributed by atoms with E-state index in [9.17, 15) is 10.1 Å². The van der Waals surface area contributed by atoms with Crippen molar-refractivity contribution in [2.24, 2.45) is 0 Å². The summed E-state index contributed by atoms with van der Waals surface area (Å²) in [4.78, 5) is 15.6. The lowest BCUT2D eigenvalue weighted by atomic mass is 10.1. The van der Waals surface area contributed by atoms with Crippen LogP contribution in [0, 0.1) is 10.1 Å². The Balaban J connectivity index is 1.80. The van der Waals surface area contributed by atoms with Crippen molar-refractivity contribution in [1.82, 2.24) is 10.3 Å².